The van der Waals surface area contributed by atoms with Gasteiger partial charge in [-0.3, -0.25) is 10.1 Å². The first-order chi connectivity index (χ1) is 9.00. The van der Waals surface area contributed by atoms with Crippen molar-refractivity contribution in [1.29, 1.82) is 0 Å². The van der Waals surface area contributed by atoms with Gasteiger partial charge in [0.2, 0.25) is 0 Å². The third kappa shape index (κ3) is 6.17. The molecule has 0 saturated carbocycles. The van der Waals surface area contributed by atoms with Crippen molar-refractivity contribution in [3.63, 3.8) is 0 Å². The van der Waals surface area contributed by atoms with Crippen LogP contribution in [0.2, 0.25) is 0 Å². The van der Waals surface area contributed by atoms with Crippen LogP contribution in [0.4, 0.5) is 11.4 Å². The lowest BCUT2D eigenvalue weighted by Gasteiger charge is -2.11. The van der Waals surface area contributed by atoms with E-state index in [9.17, 15) is 10.1 Å². The summed E-state index contributed by atoms with van der Waals surface area (Å²) in [7, 11) is 4.00. The highest BCUT2D eigenvalue weighted by Crippen LogP contribution is 2.23. The Labute approximate surface area is 126 Å². The normalized spacial score (nSPS) is 10.7. The number of halogens is 1. The Kier molecular flexibility index (Phi) is 7.03. The van der Waals surface area contributed by atoms with Crippen LogP contribution in [-0.4, -0.2) is 50.2 Å². The zero-order valence-corrected chi connectivity index (χ0v) is 13.2. The van der Waals surface area contributed by atoms with Crippen LogP contribution in [0.25, 0.3) is 0 Å². The Bertz CT molecular complexity index is 427. The standard InChI is InChI=1S/C12H18IN3O3/c1-15(2)6-8-19-7-5-14-10-3-4-12(16(17)18)11(13)9-10/h3-4,9,14H,5-8H2,1-2H3. The summed E-state index contributed by atoms with van der Waals surface area (Å²) in [6.45, 7) is 2.89. The maximum absolute atomic E-state index is 10.7. The summed E-state index contributed by atoms with van der Waals surface area (Å²) in [5.74, 6) is 0. The van der Waals surface area contributed by atoms with Gasteiger partial charge < -0.3 is 15.0 Å². The maximum atomic E-state index is 10.7. The summed E-state index contributed by atoms with van der Waals surface area (Å²) in [4.78, 5) is 12.4. The van der Waals surface area contributed by atoms with Crippen molar-refractivity contribution in [2.75, 3.05) is 45.7 Å². The fourth-order valence-electron chi connectivity index (χ4n) is 1.38. The van der Waals surface area contributed by atoms with Gasteiger partial charge in [0.25, 0.3) is 5.69 Å². The first kappa shape index (κ1) is 16.1. The Morgan fingerprint density at radius 3 is 2.74 bits per heavy atom. The highest BCUT2D eigenvalue weighted by Gasteiger charge is 2.10. The van der Waals surface area contributed by atoms with Crippen LogP contribution < -0.4 is 5.32 Å². The van der Waals surface area contributed by atoms with Crippen LogP contribution in [0.1, 0.15) is 0 Å². The van der Waals surface area contributed by atoms with Crippen molar-refractivity contribution < 1.29 is 9.66 Å². The van der Waals surface area contributed by atoms with E-state index in [-0.39, 0.29) is 10.6 Å². The molecule has 0 aliphatic rings. The molecule has 0 heterocycles. The number of nitro benzene ring substituents is 1. The number of likely N-dealkylation sites (N-methyl/N-ethyl adjacent to an activating group) is 1. The van der Waals surface area contributed by atoms with Gasteiger partial charge in [0, 0.05) is 24.8 Å². The molecule has 0 unspecified atom stereocenters. The van der Waals surface area contributed by atoms with Crippen molar-refractivity contribution in [3.05, 3.63) is 31.9 Å². The summed E-state index contributed by atoms with van der Waals surface area (Å²) in [5.41, 5.74) is 1.000. The molecule has 0 amide bonds. The minimum atomic E-state index is -0.379. The molecule has 0 radical (unpaired) electrons. The SMILES string of the molecule is CN(C)CCOCCNc1ccc([N+](=O)[O-])c(I)c1. The highest BCUT2D eigenvalue weighted by molar-refractivity contribution is 14.1. The summed E-state index contributed by atoms with van der Waals surface area (Å²) in [6.07, 6.45) is 0. The number of benzene rings is 1. The topological polar surface area (TPSA) is 67.6 Å². The predicted molar refractivity (Wildman–Crippen MR) is 83.7 cm³/mol. The molecule has 0 aromatic heterocycles. The van der Waals surface area contributed by atoms with E-state index in [1.807, 2.05) is 36.7 Å². The molecule has 19 heavy (non-hydrogen) atoms. The number of hydrogen-bond donors (Lipinski definition) is 1. The van der Waals surface area contributed by atoms with E-state index >= 15 is 0 Å². The number of anilines is 1. The van der Waals surface area contributed by atoms with Crippen LogP contribution in [0.5, 0.6) is 0 Å². The van der Waals surface area contributed by atoms with Gasteiger partial charge in [0.15, 0.2) is 0 Å². The summed E-state index contributed by atoms with van der Waals surface area (Å²) < 4.78 is 6.07. The van der Waals surface area contributed by atoms with Crippen LogP contribution >= 0.6 is 22.6 Å². The Hall–Kier alpha value is -0.930. The van der Waals surface area contributed by atoms with E-state index in [0.717, 1.165) is 12.2 Å². The van der Waals surface area contributed by atoms with E-state index in [0.29, 0.717) is 23.3 Å². The minimum absolute atomic E-state index is 0.133. The molecule has 0 atom stereocenters. The van der Waals surface area contributed by atoms with E-state index in [1.54, 1.807) is 12.1 Å². The number of nitrogens with one attached hydrogen (secondary N) is 1. The Morgan fingerprint density at radius 1 is 1.42 bits per heavy atom. The van der Waals surface area contributed by atoms with Crippen molar-refractivity contribution in [2.45, 2.75) is 0 Å². The Morgan fingerprint density at radius 2 is 2.16 bits per heavy atom. The quantitative estimate of drug-likeness (QED) is 0.325. The van der Waals surface area contributed by atoms with Gasteiger partial charge >= 0.3 is 0 Å². The predicted octanol–water partition coefficient (Wildman–Crippen LogP) is 2.19. The summed E-state index contributed by atoms with van der Waals surface area (Å²) >= 11 is 1.96. The van der Waals surface area contributed by atoms with Gasteiger partial charge in [0.1, 0.15) is 0 Å². The molecule has 0 saturated heterocycles. The van der Waals surface area contributed by atoms with Crippen LogP contribution in [0.15, 0.2) is 18.2 Å². The molecule has 1 aromatic rings. The molecule has 1 aromatic carbocycles. The molecule has 106 valence electrons. The van der Waals surface area contributed by atoms with Gasteiger partial charge in [-0.15, -0.1) is 0 Å². The molecular formula is C12H18IN3O3. The molecule has 0 aliphatic heterocycles. The van der Waals surface area contributed by atoms with E-state index in [2.05, 4.69) is 10.2 Å². The molecule has 6 nitrogen and oxygen atoms in total. The lowest BCUT2D eigenvalue weighted by Crippen LogP contribution is -2.20. The first-order valence-electron chi connectivity index (χ1n) is 5.91. The molecule has 0 aliphatic carbocycles. The van der Waals surface area contributed by atoms with Crippen LogP contribution in [0.3, 0.4) is 0 Å². The molecule has 1 rings (SSSR count). The fraction of sp³-hybridized carbons (Fsp3) is 0.500. The Balaban J connectivity index is 2.30. The minimum Gasteiger partial charge on any atom is -0.383 e. The highest BCUT2D eigenvalue weighted by atomic mass is 127. The van der Waals surface area contributed by atoms with Gasteiger partial charge in [-0.25, -0.2) is 0 Å². The van der Waals surface area contributed by atoms with Crippen molar-refractivity contribution >= 4 is 34.0 Å². The molecule has 7 heteroatoms. The summed E-state index contributed by atoms with van der Waals surface area (Å²) in [5, 5.41) is 13.9. The van der Waals surface area contributed by atoms with E-state index in [4.69, 9.17) is 4.74 Å². The largest absolute Gasteiger partial charge is 0.383 e. The molecule has 0 bridgehead atoms. The van der Waals surface area contributed by atoms with Crippen molar-refractivity contribution in [2.24, 2.45) is 0 Å². The lowest BCUT2D eigenvalue weighted by atomic mass is 10.3. The van der Waals surface area contributed by atoms with Crippen molar-refractivity contribution in [3.8, 4) is 0 Å². The van der Waals surface area contributed by atoms with Crippen LogP contribution in [-0.2, 0) is 4.74 Å². The van der Waals surface area contributed by atoms with Gasteiger partial charge in [-0.05, 0) is 48.8 Å². The number of ether oxygens (including phenoxy) is 1. The molecule has 0 spiro atoms. The second-order valence-corrected chi connectivity index (χ2v) is 5.43. The molecule has 1 N–H and O–H groups in total. The van der Waals surface area contributed by atoms with Crippen molar-refractivity contribution in [1.82, 2.24) is 4.90 Å². The average Bonchev–Trinajstić information content (AvgIpc) is 2.32. The molecule has 0 fully saturated rings. The van der Waals surface area contributed by atoms with Crippen LogP contribution in [0, 0.1) is 13.7 Å². The number of hydrogen-bond acceptors (Lipinski definition) is 5. The second-order valence-electron chi connectivity index (χ2n) is 4.27. The summed E-state index contributed by atoms with van der Waals surface area (Å²) in [6, 6.07) is 4.98. The second kappa shape index (κ2) is 8.28. The average molecular weight is 379 g/mol. The van der Waals surface area contributed by atoms with Gasteiger partial charge in [-0.2, -0.15) is 0 Å². The first-order valence-corrected chi connectivity index (χ1v) is 6.99. The lowest BCUT2D eigenvalue weighted by molar-refractivity contribution is -0.385. The number of nitrogens with zero attached hydrogens (tertiary/aromatic N) is 2. The van der Waals surface area contributed by atoms with Gasteiger partial charge in [-0.1, -0.05) is 0 Å². The third-order valence-corrected chi connectivity index (χ3v) is 3.27. The third-order valence-electron chi connectivity index (χ3n) is 2.40. The van der Waals surface area contributed by atoms with Gasteiger partial charge in [0.05, 0.1) is 21.7 Å². The number of nitro groups is 1. The zero-order valence-electron chi connectivity index (χ0n) is 11.1. The fourth-order valence-corrected chi connectivity index (χ4v) is 2.09. The number of rotatable bonds is 8. The van der Waals surface area contributed by atoms with E-state index in [1.165, 1.54) is 6.07 Å². The van der Waals surface area contributed by atoms with E-state index < -0.39 is 0 Å². The molecular weight excluding hydrogens is 361 g/mol. The zero-order chi connectivity index (χ0) is 14.3. The smallest absolute Gasteiger partial charge is 0.282 e. The maximum Gasteiger partial charge on any atom is 0.282 e. The monoisotopic (exact) mass is 379 g/mol.